The van der Waals surface area contributed by atoms with Gasteiger partial charge in [-0.2, -0.15) is 0 Å². The third kappa shape index (κ3) is 2.47. The molecule has 2 aliphatic carbocycles. The number of carbonyl (C=O) groups is 1. The summed E-state index contributed by atoms with van der Waals surface area (Å²) in [7, 11) is 1.92. The molecule has 1 amide bonds. The fourth-order valence-corrected chi connectivity index (χ4v) is 2.68. The number of nitrogens with one attached hydrogen (secondary N) is 1. The van der Waals surface area contributed by atoms with Crippen molar-refractivity contribution < 1.29 is 9.53 Å². The van der Waals surface area contributed by atoms with E-state index in [9.17, 15) is 4.79 Å². The van der Waals surface area contributed by atoms with Crippen LogP contribution >= 0.6 is 0 Å². The molecule has 1 N–H and O–H groups in total. The number of hydrogen-bond donors (Lipinski definition) is 1. The van der Waals surface area contributed by atoms with Gasteiger partial charge in [-0.05, 0) is 38.6 Å². The molecule has 17 heavy (non-hydrogen) atoms. The van der Waals surface area contributed by atoms with Crippen LogP contribution in [0.5, 0.6) is 0 Å². The lowest BCUT2D eigenvalue weighted by atomic mass is 10.0. The SMILES string of the molecule is CNC1COCC1C(=O)N(CC1CC1)C1CC1. The maximum atomic E-state index is 12.6. The summed E-state index contributed by atoms with van der Waals surface area (Å²) in [6.45, 7) is 2.27. The molecule has 0 aromatic carbocycles. The Morgan fingerprint density at radius 2 is 2.06 bits per heavy atom. The lowest BCUT2D eigenvalue weighted by molar-refractivity contribution is -0.136. The van der Waals surface area contributed by atoms with E-state index in [0.717, 1.165) is 12.5 Å². The first-order valence-electron chi connectivity index (χ1n) is 6.85. The summed E-state index contributed by atoms with van der Waals surface area (Å²) in [5.41, 5.74) is 0. The first-order valence-corrected chi connectivity index (χ1v) is 6.85. The second kappa shape index (κ2) is 4.58. The fraction of sp³-hybridized carbons (Fsp3) is 0.923. The van der Waals surface area contributed by atoms with Crippen LogP contribution in [0, 0.1) is 11.8 Å². The third-order valence-electron chi connectivity index (χ3n) is 4.19. The van der Waals surface area contributed by atoms with Gasteiger partial charge in [0.05, 0.1) is 19.1 Å². The molecule has 0 radical (unpaired) electrons. The van der Waals surface area contributed by atoms with Gasteiger partial charge in [-0.25, -0.2) is 0 Å². The van der Waals surface area contributed by atoms with Crippen molar-refractivity contribution in [2.45, 2.75) is 37.8 Å². The molecule has 0 spiro atoms. The van der Waals surface area contributed by atoms with Gasteiger partial charge < -0.3 is 15.0 Å². The van der Waals surface area contributed by atoms with Crippen LogP contribution in [-0.2, 0) is 9.53 Å². The number of rotatable bonds is 5. The summed E-state index contributed by atoms with van der Waals surface area (Å²) in [4.78, 5) is 14.7. The second-order valence-corrected chi connectivity index (χ2v) is 5.70. The highest BCUT2D eigenvalue weighted by Gasteiger charge is 2.42. The van der Waals surface area contributed by atoms with Crippen molar-refractivity contribution in [2.75, 3.05) is 26.8 Å². The van der Waals surface area contributed by atoms with E-state index in [1.165, 1.54) is 25.7 Å². The Morgan fingerprint density at radius 3 is 2.65 bits per heavy atom. The van der Waals surface area contributed by atoms with Crippen molar-refractivity contribution >= 4 is 5.91 Å². The van der Waals surface area contributed by atoms with E-state index in [4.69, 9.17) is 4.74 Å². The van der Waals surface area contributed by atoms with E-state index in [-0.39, 0.29) is 12.0 Å². The molecule has 3 aliphatic rings. The highest BCUT2D eigenvalue weighted by Crippen LogP contribution is 2.36. The normalized spacial score (nSPS) is 32.8. The number of ether oxygens (including phenoxy) is 1. The molecule has 3 rings (SSSR count). The van der Waals surface area contributed by atoms with Crippen LogP contribution in [-0.4, -0.2) is 49.7 Å². The minimum absolute atomic E-state index is 0.0411. The molecule has 0 bridgehead atoms. The first-order chi connectivity index (χ1) is 8.29. The summed E-state index contributed by atoms with van der Waals surface area (Å²) in [6, 6.07) is 0.754. The van der Waals surface area contributed by atoms with E-state index in [2.05, 4.69) is 10.2 Å². The van der Waals surface area contributed by atoms with Gasteiger partial charge in [0.2, 0.25) is 5.91 Å². The highest BCUT2D eigenvalue weighted by atomic mass is 16.5. The van der Waals surface area contributed by atoms with Crippen LogP contribution < -0.4 is 5.32 Å². The summed E-state index contributed by atoms with van der Waals surface area (Å²) in [5, 5.41) is 3.21. The highest BCUT2D eigenvalue weighted by molar-refractivity contribution is 5.80. The van der Waals surface area contributed by atoms with Gasteiger partial charge in [-0.15, -0.1) is 0 Å². The molecule has 0 aromatic rings. The van der Waals surface area contributed by atoms with Crippen molar-refractivity contribution in [3.63, 3.8) is 0 Å². The predicted molar refractivity (Wildman–Crippen MR) is 64.6 cm³/mol. The van der Waals surface area contributed by atoms with E-state index < -0.39 is 0 Å². The van der Waals surface area contributed by atoms with Crippen molar-refractivity contribution in [3.05, 3.63) is 0 Å². The Kier molecular flexibility index (Phi) is 3.09. The minimum Gasteiger partial charge on any atom is -0.379 e. The maximum absolute atomic E-state index is 12.6. The molecule has 4 nitrogen and oxygen atoms in total. The van der Waals surface area contributed by atoms with E-state index in [0.29, 0.717) is 25.2 Å². The minimum atomic E-state index is 0.0411. The summed E-state index contributed by atoms with van der Waals surface area (Å²) in [5.74, 6) is 1.16. The van der Waals surface area contributed by atoms with Crippen LogP contribution in [0.1, 0.15) is 25.7 Å². The molecule has 0 aromatic heterocycles. The lowest BCUT2D eigenvalue weighted by Gasteiger charge is -2.27. The summed E-state index contributed by atoms with van der Waals surface area (Å²) >= 11 is 0. The number of nitrogens with zero attached hydrogens (tertiary/aromatic N) is 1. The zero-order valence-corrected chi connectivity index (χ0v) is 10.5. The molecule has 96 valence electrons. The van der Waals surface area contributed by atoms with E-state index >= 15 is 0 Å². The topological polar surface area (TPSA) is 41.6 Å². The zero-order valence-electron chi connectivity index (χ0n) is 10.5. The second-order valence-electron chi connectivity index (χ2n) is 5.70. The fourth-order valence-electron chi connectivity index (χ4n) is 2.68. The largest absolute Gasteiger partial charge is 0.379 e. The van der Waals surface area contributed by atoms with Crippen molar-refractivity contribution in [1.82, 2.24) is 10.2 Å². The van der Waals surface area contributed by atoms with Crippen molar-refractivity contribution in [2.24, 2.45) is 11.8 Å². The average molecular weight is 238 g/mol. The third-order valence-corrected chi connectivity index (χ3v) is 4.19. The van der Waals surface area contributed by atoms with Gasteiger partial charge in [-0.3, -0.25) is 4.79 Å². The number of amides is 1. The monoisotopic (exact) mass is 238 g/mol. The molecule has 4 heteroatoms. The Labute approximate surface area is 103 Å². The van der Waals surface area contributed by atoms with Gasteiger partial charge in [0, 0.05) is 18.6 Å². The molecule has 3 fully saturated rings. The van der Waals surface area contributed by atoms with Crippen LogP contribution in [0.2, 0.25) is 0 Å². The molecule has 2 atom stereocenters. The number of hydrogen-bond acceptors (Lipinski definition) is 3. The Hall–Kier alpha value is -0.610. The van der Waals surface area contributed by atoms with Crippen LogP contribution in [0.15, 0.2) is 0 Å². The first kappa shape index (κ1) is 11.5. The summed E-state index contributed by atoms with van der Waals surface area (Å²) in [6.07, 6.45) is 5.03. The van der Waals surface area contributed by atoms with Crippen molar-refractivity contribution in [3.8, 4) is 0 Å². The standard InChI is InChI=1S/C13H22N2O2/c1-14-12-8-17-7-11(12)13(16)15(10-4-5-10)6-9-2-3-9/h9-12,14H,2-8H2,1H3. The lowest BCUT2D eigenvalue weighted by Crippen LogP contribution is -2.46. The molecule has 1 heterocycles. The zero-order chi connectivity index (χ0) is 11.8. The van der Waals surface area contributed by atoms with Gasteiger partial charge in [-0.1, -0.05) is 0 Å². The maximum Gasteiger partial charge on any atom is 0.229 e. The molecule has 1 saturated heterocycles. The quantitative estimate of drug-likeness (QED) is 0.763. The Bertz CT molecular complexity index is 300. The van der Waals surface area contributed by atoms with Gasteiger partial charge in [0.25, 0.3) is 0 Å². The van der Waals surface area contributed by atoms with E-state index in [1.54, 1.807) is 0 Å². The van der Waals surface area contributed by atoms with Crippen LogP contribution in [0.3, 0.4) is 0 Å². The summed E-state index contributed by atoms with van der Waals surface area (Å²) < 4.78 is 5.44. The van der Waals surface area contributed by atoms with Crippen molar-refractivity contribution in [1.29, 1.82) is 0 Å². The smallest absolute Gasteiger partial charge is 0.229 e. The molecule has 1 aliphatic heterocycles. The van der Waals surface area contributed by atoms with Crippen LogP contribution in [0.25, 0.3) is 0 Å². The average Bonchev–Trinajstić information content (AvgIpc) is 3.23. The molecular weight excluding hydrogens is 216 g/mol. The predicted octanol–water partition coefficient (Wildman–Crippen LogP) is 0.622. The Balaban J connectivity index is 1.64. The molecule has 2 unspecified atom stereocenters. The number of likely N-dealkylation sites (N-methyl/N-ethyl adjacent to an activating group) is 1. The van der Waals surface area contributed by atoms with E-state index in [1.807, 2.05) is 7.05 Å². The molecular formula is C13H22N2O2. The van der Waals surface area contributed by atoms with Gasteiger partial charge >= 0.3 is 0 Å². The number of carbonyl (C=O) groups excluding carboxylic acids is 1. The Morgan fingerprint density at radius 1 is 1.29 bits per heavy atom. The van der Waals surface area contributed by atoms with Crippen LogP contribution in [0.4, 0.5) is 0 Å². The molecule has 2 saturated carbocycles. The van der Waals surface area contributed by atoms with Gasteiger partial charge in [0.15, 0.2) is 0 Å². The van der Waals surface area contributed by atoms with Gasteiger partial charge in [0.1, 0.15) is 0 Å².